The standard InChI is InChI=1S/C33H40F2N4O2/c1-21-18-22(19-28(34)31(21)35)8-13-30(40)39-16-14-24(15-17-39)32(33(41)38(2)3)37-25-11-9-23(10-12-25)27-20-36-29-7-5-4-6-26(27)29/h4-8,13,18-20,23-25,32,36-37H,9-12,14-17H2,1-3H3/b13-8+. The van der Waals surface area contributed by atoms with E-state index in [2.05, 4.69) is 40.8 Å². The number of aromatic amines is 1. The lowest BCUT2D eigenvalue weighted by molar-refractivity contribution is -0.133. The van der Waals surface area contributed by atoms with Crippen molar-refractivity contribution >= 4 is 28.8 Å². The Balaban J connectivity index is 1.17. The predicted octanol–water partition coefficient (Wildman–Crippen LogP) is 5.78. The van der Waals surface area contributed by atoms with E-state index in [-0.39, 0.29) is 35.4 Å². The highest BCUT2D eigenvalue weighted by molar-refractivity contribution is 5.92. The number of piperidine rings is 1. The summed E-state index contributed by atoms with van der Waals surface area (Å²) < 4.78 is 27.3. The molecular formula is C33H40F2N4O2. The molecule has 1 aliphatic heterocycles. The third-order valence-electron chi connectivity index (χ3n) is 8.88. The number of likely N-dealkylation sites (tertiary alicyclic amines) is 1. The van der Waals surface area contributed by atoms with Gasteiger partial charge in [0.25, 0.3) is 0 Å². The van der Waals surface area contributed by atoms with Gasteiger partial charge in [0, 0.05) is 56.4 Å². The Bertz CT molecular complexity index is 1390. The summed E-state index contributed by atoms with van der Waals surface area (Å²) in [6, 6.07) is 11.1. The Morgan fingerprint density at radius 1 is 1.05 bits per heavy atom. The minimum Gasteiger partial charge on any atom is -0.361 e. The molecule has 2 heterocycles. The molecule has 6 nitrogen and oxygen atoms in total. The molecule has 1 saturated heterocycles. The first kappa shape index (κ1) is 29.0. The highest BCUT2D eigenvalue weighted by Crippen LogP contribution is 2.37. The fraction of sp³-hybridized carbons (Fsp3) is 0.455. The fourth-order valence-corrected chi connectivity index (χ4v) is 6.52. The maximum absolute atomic E-state index is 13.7. The van der Waals surface area contributed by atoms with Gasteiger partial charge in [0.1, 0.15) is 0 Å². The van der Waals surface area contributed by atoms with Crippen LogP contribution in [0.25, 0.3) is 17.0 Å². The van der Waals surface area contributed by atoms with Crippen LogP contribution in [0.1, 0.15) is 61.1 Å². The third-order valence-corrected chi connectivity index (χ3v) is 8.88. The Morgan fingerprint density at radius 3 is 2.44 bits per heavy atom. The molecule has 3 aromatic rings. The van der Waals surface area contributed by atoms with Crippen LogP contribution in [0.4, 0.5) is 8.78 Å². The van der Waals surface area contributed by atoms with Gasteiger partial charge < -0.3 is 20.1 Å². The van der Waals surface area contributed by atoms with Crippen LogP contribution in [0, 0.1) is 24.5 Å². The zero-order valence-corrected chi connectivity index (χ0v) is 24.1. The first-order valence-electron chi connectivity index (χ1n) is 14.7. The summed E-state index contributed by atoms with van der Waals surface area (Å²) in [5.41, 5.74) is 3.23. The van der Waals surface area contributed by atoms with Crippen molar-refractivity contribution in [1.82, 2.24) is 20.1 Å². The normalized spacial score (nSPS) is 21.0. The number of benzene rings is 2. The molecule has 0 spiro atoms. The van der Waals surface area contributed by atoms with Crippen molar-refractivity contribution in [2.45, 2.75) is 63.5 Å². The van der Waals surface area contributed by atoms with E-state index in [1.807, 2.05) is 0 Å². The van der Waals surface area contributed by atoms with Crippen LogP contribution in [0.15, 0.2) is 48.7 Å². The van der Waals surface area contributed by atoms with Crippen LogP contribution in [0.2, 0.25) is 0 Å². The molecule has 0 bridgehead atoms. The van der Waals surface area contributed by atoms with Crippen molar-refractivity contribution in [3.05, 3.63) is 77.0 Å². The van der Waals surface area contributed by atoms with E-state index in [1.165, 1.54) is 41.6 Å². The molecule has 218 valence electrons. The van der Waals surface area contributed by atoms with Crippen LogP contribution in [0.3, 0.4) is 0 Å². The lowest BCUT2D eigenvalue weighted by Gasteiger charge is -2.39. The van der Waals surface area contributed by atoms with Crippen LogP contribution in [-0.2, 0) is 9.59 Å². The molecule has 8 heteroatoms. The summed E-state index contributed by atoms with van der Waals surface area (Å²) >= 11 is 0. The smallest absolute Gasteiger partial charge is 0.246 e. The van der Waals surface area contributed by atoms with Gasteiger partial charge in [0.05, 0.1) is 6.04 Å². The largest absolute Gasteiger partial charge is 0.361 e. The van der Waals surface area contributed by atoms with Gasteiger partial charge in [-0.2, -0.15) is 0 Å². The Hall–Kier alpha value is -3.52. The highest BCUT2D eigenvalue weighted by Gasteiger charge is 2.35. The molecule has 1 unspecified atom stereocenters. The molecule has 1 saturated carbocycles. The zero-order valence-electron chi connectivity index (χ0n) is 24.1. The van der Waals surface area contributed by atoms with E-state index in [1.54, 1.807) is 23.9 Å². The number of hydrogen-bond donors (Lipinski definition) is 2. The summed E-state index contributed by atoms with van der Waals surface area (Å²) in [6.45, 7) is 2.60. The second kappa shape index (κ2) is 12.6. The van der Waals surface area contributed by atoms with Gasteiger partial charge in [-0.05, 0) is 98.2 Å². The van der Waals surface area contributed by atoms with E-state index >= 15 is 0 Å². The number of carbonyl (C=O) groups is 2. The average molecular weight is 563 g/mol. The minimum absolute atomic E-state index is 0.0853. The van der Waals surface area contributed by atoms with Gasteiger partial charge in [0.2, 0.25) is 11.8 Å². The van der Waals surface area contributed by atoms with Crippen LogP contribution < -0.4 is 5.32 Å². The number of rotatable bonds is 7. The van der Waals surface area contributed by atoms with Crippen molar-refractivity contribution in [1.29, 1.82) is 0 Å². The molecule has 2 amide bonds. The number of para-hydroxylation sites is 1. The summed E-state index contributed by atoms with van der Waals surface area (Å²) in [7, 11) is 3.60. The summed E-state index contributed by atoms with van der Waals surface area (Å²) in [5.74, 6) is -1.21. The number of fused-ring (bicyclic) bond motifs is 1. The predicted molar refractivity (Wildman–Crippen MR) is 158 cm³/mol. The van der Waals surface area contributed by atoms with Gasteiger partial charge in [0.15, 0.2) is 11.6 Å². The number of aryl methyl sites for hydroxylation is 1. The first-order chi connectivity index (χ1) is 19.7. The van der Waals surface area contributed by atoms with Gasteiger partial charge >= 0.3 is 0 Å². The van der Waals surface area contributed by atoms with E-state index in [9.17, 15) is 18.4 Å². The maximum Gasteiger partial charge on any atom is 0.246 e. The van der Waals surface area contributed by atoms with Crippen LogP contribution in [-0.4, -0.2) is 65.9 Å². The van der Waals surface area contributed by atoms with Gasteiger partial charge in [-0.25, -0.2) is 8.78 Å². The summed E-state index contributed by atoms with van der Waals surface area (Å²) in [5, 5.41) is 5.04. The number of hydrogen-bond acceptors (Lipinski definition) is 3. The van der Waals surface area contributed by atoms with E-state index in [4.69, 9.17) is 0 Å². The van der Waals surface area contributed by atoms with Gasteiger partial charge in [-0.1, -0.05) is 18.2 Å². The SMILES string of the molecule is Cc1cc(/C=C/C(=O)N2CCC(C(NC3CCC(c4c[nH]c5ccccc45)CC3)C(=O)N(C)C)CC2)cc(F)c1F. The number of H-pyrrole nitrogens is 1. The quantitative estimate of drug-likeness (QED) is 0.359. The number of halogens is 2. The molecule has 2 fully saturated rings. The first-order valence-corrected chi connectivity index (χ1v) is 14.7. The Labute approximate surface area is 240 Å². The lowest BCUT2D eigenvalue weighted by Crippen LogP contribution is -2.54. The molecule has 41 heavy (non-hydrogen) atoms. The molecular weight excluding hydrogens is 522 g/mol. The van der Waals surface area contributed by atoms with E-state index in [0.717, 1.165) is 44.6 Å². The number of amides is 2. The van der Waals surface area contributed by atoms with Crippen molar-refractivity contribution in [3.63, 3.8) is 0 Å². The van der Waals surface area contributed by atoms with Crippen molar-refractivity contribution < 1.29 is 18.4 Å². The second-order valence-electron chi connectivity index (χ2n) is 11.8. The van der Waals surface area contributed by atoms with E-state index < -0.39 is 11.6 Å². The maximum atomic E-state index is 13.7. The van der Waals surface area contributed by atoms with Crippen molar-refractivity contribution in [2.75, 3.05) is 27.2 Å². The summed E-state index contributed by atoms with van der Waals surface area (Å²) in [6.07, 6.45) is 10.8. The Kier molecular flexibility index (Phi) is 8.88. The highest BCUT2D eigenvalue weighted by atomic mass is 19.2. The third kappa shape index (κ3) is 6.53. The van der Waals surface area contributed by atoms with Gasteiger partial charge in [-0.15, -0.1) is 0 Å². The topological polar surface area (TPSA) is 68.4 Å². The van der Waals surface area contributed by atoms with Crippen molar-refractivity contribution in [2.24, 2.45) is 5.92 Å². The lowest BCUT2D eigenvalue weighted by atomic mass is 9.80. The number of nitrogens with zero attached hydrogens (tertiary/aromatic N) is 2. The fourth-order valence-electron chi connectivity index (χ4n) is 6.52. The number of nitrogens with one attached hydrogen (secondary N) is 2. The van der Waals surface area contributed by atoms with Crippen LogP contribution >= 0.6 is 0 Å². The molecule has 2 aliphatic rings. The molecule has 5 rings (SSSR count). The average Bonchev–Trinajstić information content (AvgIpc) is 3.41. The molecule has 2 aromatic carbocycles. The molecule has 0 radical (unpaired) electrons. The second-order valence-corrected chi connectivity index (χ2v) is 11.8. The number of aromatic nitrogens is 1. The molecule has 2 N–H and O–H groups in total. The number of carbonyl (C=O) groups excluding carboxylic acids is 2. The minimum atomic E-state index is -0.923. The number of likely N-dealkylation sites (N-methyl/N-ethyl adjacent to an activating group) is 1. The van der Waals surface area contributed by atoms with E-state index in [0.29, 0.717) is 24.6 Å². The van der Waals surface area contributed by atoms with Gasteiger partial charge in [-0.3, -0.25) is 9.59 Å². The van der Waals surface area contributed by atoms with Crippen molar-refractivity contribution in [3.8, 4) is 0 Å². The molecule has 1 aliphatic carbocycles. The molecule has 1 aromatic heterocycles. The zero-order chi connectivity index (χ0) is 29.1. The monoisotopic (exact) mass is 562 g/mol. The molecule has 1 atom stereocenters. The Morgan fingerprint density at radius 2 is 1.76 bits per heavy atom. The summed E-state index contributed by atoms with van der Waals surface area (Å²) in [4.78, 5) is 32.9. The van der Waals surface area contributed by atoms with Crippen LogP contribution in [0.5, 0.6) is 0 Å².